The molecule has 90 valence electrons. The average Bonchev–Trinajstić information content (AvgIpc) is 2.37. The minimum Gasteiger partial charge on any atom is -0.387 e. The summed E-state index contributed by atoms with van der Waals surface area (Å²) in [4.78, 5) is 4.30. The molecule has 2 aromatic rings. The van der Waals surface area contributed by atoms with Gasteiger partial charge in [-0.15, -0.1) is 0 Å². The van der Waals surface area contributed by atoms with Crippen molar-refractivity contribution in [3.05, 3.63) is 42.1 Å². The molecule has 0 aliphatic rings. The van der Waals surface area contributed by atoms with Crippen molar-refractivity contribution in [2.45, 2.75) is 26.0 Å². The number of nitrogens with one attached hydrogen (secondary N) is 1. The molecule has 17 heavy (non-hydrogen) atoms. The molecular weight excluding hydrogens is 212 g/mol. The van der Waals surface area contributed by atoms with E-state index < -0.39 is 6.10 Å². The highest BCUT2D eigenvalue weighted by molar-refractivity contribution is 5.82. The Kier molecular flexibility index (Phi) is 3.71. The molecule has 0 fully saturated rings. The van der Waals surface area contributed by atoms with Crippen LogP contribution in [0.15, 0.2) is 36.5 Å². The Bertz CT molecular complexity index is 493. The van der Waals surface area contributed by atoms with Crippen LogP contribution < -0.4 is 5.32 Å². The topological polar surface area (TPSA) is 45.1 Å². The average molecular weight is 230 g/mol. The van der Waals surface area contributed by atoms with Gasteiger partial charge in [0.25, 0.3) is 0 Å². The molecule has 0 aliphatic heterocycles. The van der Waals surface area contributed by atoms with E-state index in [0.717, 1.165) is 23.0 Å². The van der Waals surface area contributed by atoms with Crippen LogP contribution in [-0.4, -0.2) is 22.7 Å². The summed E-state index contributed by atoms with van der Waals surface area (Å²) in [5.74, 6) is 0. The van der Waals surface area contributed by atoms with Gasteiger partial charge in [0.1, 0.15) is 0 Å². The maximum atomic E-state index is 10.3. The van der Waals surface area contributed by atoms with E-state index in [1.807, 2.05) is 44.2 Å². The predicted octanol–water partition coefficient (Wildman–Crippen LogP) is 2.27. The van der Waals surface area contributed by atoms with Crippen LogP contribution in [0.4, 0.5) is 0 Å². The van der Waals surface area contributed by atoms with Crippen molar-refractivity contribution in [3.63, 3.8) is 0 Å². The first-order valence-corrected chi connectivity index (χ1v) is 5.99. The molecular formula is C14H18N2O. The number of benzene rings is 1. The minimum absolute atomic E-state index is 0.0332. The summed E-state index contributed by atoms with van der Waals surface area (Å²) in [7, 11) is 0. The lowest BCUT2D eigenvalue weighted by Gasteiger charge is -2.21. The Morgan fingerprint density at radius 1 is 1.29 bits per heavy atom. The SMILES string of the molecule is CCNC(C)C(O)c1ccnc2ccccc12. The summed E-state index contributed by atoms with van der Waals surface area (Å²) < 4.78 is 0. The van der Waals surface area contributed by atoms with E-state index >= 15 is 0 Å². The monoisotopic (exact) mass is 230 g/mol. The fourth-order valence-electron chi connectivity index (χ4n) is 2.08. The zero-order valence-electron chi connectivity index (χ0n) is 10.2. The number of fused-ring (bicyclic) bond motifs is 1. The van der Waals surface area contributed by atoms with Crippen molar-refractivity contribution in [2.24, 2.45) is 0 Å². The lowest BCUT2D eigenvalue weighted by atomic mass is 9.99. The van der Waals surface area contributed by atoms with Gasteiger partial charge in [-0.2, -0.15) is 0 Å². The van der Waals surface area contributed by atoms with Crippen LogP contribution in [-0.2, 0) is 0 Å². The van der Waals surface area contributed by atoms with Gasteiger partial charge in [-0.05, 0) is 31.2 Å². The largest absolute Gasteiger partial charge is 0.387 e. The third kappa shape index (κ3) is 2.46. The van der Waals surface area contributed by atoms with Gasteiger partial charge in [-0.1, -0.05) is 25.1 Å². The van der Waals surface area contributed by atoms with Crippen molar-refractivity contribution < 1.29 is 5.11 Å². The molecule has 3 nitrogen and oxygen atoms in total. The van der Waals surface area contributed by atoms with Crippen LogP contribution in [0.3, 0.4) is 0 Å². The Labute approximate surface area is 102 Å². The molecule has 0 amide bonds. The van der Waals surface area contributed by atoms with E-state index in [1.54, 1.807) is 6.20 Å². The normalized spacial score (nSPS) is 14.8. The summed E-state index contributed by atoms with van der Waals surface area (Å²) in [6.07, 6.45) is 1.24. The van der Waals surface area contributed by atoms with E-state index in [4.69, 9.17) is 0 Å². The second-order valence-corrected chi connectivity index (χ2v) is 4.21. The number of hydrogen-bond acceptors (Lipinski definition) is 3. The van der Waals surface area contributed by atoms with Crippen molar-refractivity contribution in [1.82, 2.24) is 10.3 Å². The number of pyridine rings is 1. The quantitative estimate of drug-likeness (QED) is 0.847. The minimum atomic E-state index is -0.511. The third-order valence-corrected chi connectivity index (χ3v) is 3.00. The molecule has 2 atom stereocenters. The van der Waals surface area contributed by atoms with Crippen molar-refractivity contribution in [1.29, 1.82) is 0 Å². The molecule has 2 N–H and O–H groups in total. The molecule has 0 radical (unpaired) electrons. The van der Waals surface area contributed by atoms with Crippen LogP contribution in [0.2, 0.25) is 0 Å². The maximum Gasteiger partial charge on any atom is 0.0947 e. The van der Waals surface area contributed by atoms with E-state index in [-0.39, 0.29) is 6.04 Å². The summed E-state index contributed by atoms with van der Waals surface area (Å²) in [5, 5.41) is 14.6. The molecule has 1 aromatic heterocycles. The molecule has 0 saturated carbocycles. The van der Waals surface area contributed by atoms with Gasteiger partial charge < -0.3 is 10.4 Å². The van der Waals surface area contributed by atoms with Gasteiger partial charge in [0.15, 0.2) is 0 Å². The Hall–Kier alpha value is -1.45. The summed E-state index contributed by atoms with van der Waals surface area (Å²) >= 11 is 0. The summed E-state index contributed by atoms with van der Waals surface area (Å²) in [6.45, 7) is 4.87. The second-order valence-electron chi connectivity index (χ2n) is 4.21. The molecule has 1 heterocycles. The van der Waals surface area contributed by atoms with Crippen molar-refractivity contribution in [2.75, 3.05) is 6.54 Å². The van der Waals surface area contributed by atoms with Gasteiger partial charge in [-0.3, -0.25) is 4.98 Å². The van der Waals surface area contributed by atoms with E-state index in [9.17, 15) is 5.11 Å². The van der Waals surface area contributed by atoms with Gasteiger partial charge in [-0.25, -0.2) is 0 Å². The number of likely N-dealkylation sites (N-methyl/N-ethyl adjacent to an activating group) is 1. The Balaban J connectivity index is 2.41. The number of aliphatic hydroxyl groups is 1. The lowest BCUT2D eigenvalue weighted by Crippen LogP contribution is -2.31. The third-order valence-electron chi connectivity index (χ3n) is 3.00. The number of nitrogens with zero attached hydrogens (tertiary/aromatic N) is 1. The zero-order valence-corrected chi connectivity index (χ0v) is 10.2. The van der Waals surface area contributed by atoms with Crippen LogP contribution >= 0.6 is 0 Å². The van der Waals surface area contributed by atoms with E-state index in [0.29, 0.717) is 0 Å². The van der Waals surface area contributed by atoms with E-state index in [2.05, 4.69) is 10.3 Å². The highest BCUT2D eigenvalue weighted by Crippen LogP contribution is 2.24. The smallest absolute Gasteiger partial charge is 0.0947 e. The zero-order chi connectivity index (χ0) is 12.3. The second kappa shape index (κ2) is 5.25. The molecule has 3 heteroatoms. The Morgan fingerprint density at radius 2 is 2.06 bits per heavy atom. The van der Waals surface area contributed by atoms with Crippen molar-refractivity contribution in [3.8, 4) is 0 Å². The molecule has 0 aliphatic carbocycles. The standard InChI is InChI=1S/C14H18N2O/c1-3-15-10(2)14(17)12-8-9-16-13-7-5-4-6-11(12)13/h4-10,14-15,17H,3H2,1-2H3. The molecule has 2 unspecified atom stereocenters. The summed E-state index contributed by atoms with van der Waals surface area (Å²) in [6, 6.07) is 9.81. The fourth-order valence-corrected chi connectivity index (χ4v) is 2.08. The van der Waals surface area contributed by atoms with Crippen LogP contribution in [0.5, 0.6) is 0 Å². The fraction of sp³-hybridized carbons (Fsp3) is 0.357. The van der Waals surface area contributed by atoms with Gasteiger partial charge >= 0.3 is 0 Å². The lowest BCUT2D eigenvalue weighted by molar-refractivity contribution is 0.138. The van der Waals surface area contributed by atoms with Crippen LogP contribution in [0.1, 0.15) is 25.5 Å². The molecule has 2 rings (SSSR count). The van der Waals surface area contributed by atoms with Gasteiger partial charge in [0.05, 0.1) is 11.6 Å². The molecule has 0 saturated heterocycles. The van der Waals surface area contributed by atoms with Gasteiger partial charge in [0, 0.05) is 17.6 Å². The molecule has 1 aromatic carbocycles. The van der Waals surface area contributed by atoms with Crippen molar-refractivity contribution >= 4 is 10.9 Å². The number of rotatable bonds is 4. The number of aliphatic hydroxyl groups excluding tert-OH is 1. The predicted molar refractivity (Wildman–Crippen MR) is 69.8 cm³/mol. The molecule has 0 bridgehead atoms. The van der Waals surface area contributed by atoms with Crippen LogP contribution in [0, 0.1) is 0 Å². The van der Waals surface area contributed by atoms with Gasteiger partial charge in [0.2, 0.25) is 0 Å². The number of aromatic nitrogens is 1. The number of hydrogen-bond donors (Lipinski definition) is 2. The first-order valence-electron chi connectivity index (χ1n) is 5.99. The number of para-hydroxylation sites is 1. The first kappa shape index (κ1) is 12.0. The summed E-state index contributed by atoms with van der Waals surface area (Å²) in [5.41, 5.74) is 1.86. The van der Waals surface area contributed by atoms with Crippen LogP contribution in [0.25, 0.3) is 10.9 Å². The van der Waals surface area contributed by atoms with E-state index in [1.165, 1.54) is 0 Å². The Morgan fingerprint density at radius 3 is 2.82 bits per heavy atom. The maximum absolute atomic E-state index is 10.3. The highest BCUT2D eigenvalue weighted by Gasteiger charge is 2.17. The highest BCUT2D eigenvalue weighted by atomic mass is 16.3. The molecule has 0 spiro atoms. The first-order chi connectivity index (χ1) is 8.24.